The number of hydrogen-bond donors (Lipinski definition) is 4. The Balaban J connectivity index is 2.04. The Bertz CT molecular complexity index is 556. The quantitative estimate of drug-likeness (QED) is 0.662. The van der Waals surface area contributed by atoms with Gasteiger partial charge < -0.3 is 26.0 Å². The Morgan fingerprint density at radius 1 is 1.22 bits per heavy atom. The molecule has 3 amide bonds. The van der Waals surface area contributed by atoms with Gasteiger partial charge in [-0.25, -0.2) is 4.79 Å². The number of ether oxygens (including phenoxy) is 1. The predicted molar refractivity (Wildman–Crippen MR) is 89.6 cm³/mol. The molecular formula is C16H24N4O3. The van der Waals surface area contributed by atoms with E-state index in [1.54, 1.807) is 31.4 Å². The molecule has 0 radical (unpaired) electrons. The lowest BCUT2D eigenvalue weighted by atomic mass is 9.91. The molecule has 1 aromatic rings. The van der Waals surface area contributed by atoms with Crippen molar-refractivity contribution in [1.82, 2.24) is 10.6 Å². The van der Waals surface area contributed by atoms with E-state index >= 15 is 0 Å². The van der Waals surface area contributed by atoms with Gasteiger partial charge in [0.05, 0.1) is 0 Å². The van der Waals surface area contributed by atoms with Crippen molar-refractivity contribution in [3.63, 3.8) is 0 Å². The van der Waals surface area contributed by atoms with E-state index in [9.17, 15) is 9.59 Å². The summed E-state index contributed by atoms with van der Waals surface area (Å²) in [6, 6.07) is 6.77. The Morgan fingerprint density at radius 2 is 1.87 bits per heavy atom. The molecule has 0 saturated carbocycles. The number of benzene rings is 1. The lowest BCUT2D eigenvalue weighted by molar-refractivity contribution is -0.140. The zero-order chi connectivity index (χ0) is 16.7. The molecule has 1 aliphatic rings. The van der Waals surface area contributed by atoms with Crippen LogP contribution in [-0.2, 0) is 9.53 Å². The number of carbonyl (C=O) groups is 2. The van der Waals surface area contributed by atoms with Gasteiger partial charge >= 0.3 is 6.03 Å². The van der Waals surface area contributed by atoms with Gasteiger partial charge in [-0.2, -0.15) is 0 Å². The fraction of sp³-hybridized carbons (Fsp3) is 0.500. The molecule has 0 bridgehead atoms. The number of piperidine rings is 1. The van der Waals surface area contributed by atoms with Crippen LogP contribution < -0.4 is 21.3 Å². The molecule has 0 aliphatic carbocycles. The third kappa shape index (κ3) is 4.43. The zero-order valence-corrected chi connectivity index (χ0v) is 13.6. The zero-order valence-electron chi connectivity index (χ0n) is 13.6. The monoisotopic (exact) mass is 320 g/mol. The topological polar surface area (TPSA) is 91.5 Å². The number of anilines is 2. The summed E-state index contributed by atoms with van der Waals surface area (Å²) in [4.78, 5) is 24.1. The molecule has 1 fully saturated rings. The van der Waals surface area contributed by atoms with Crippen LogP contribution >= 0.6 is 0 Å². The van der Waals surface area contributed by atoms with Crippen LogP contribution in [0.3, 0.4) is 0 Å². The van der Waals surface area contributed by atoms with Gasteiger partial charge in [0.1, 0.15) is 5.60 Å². The summed E-state index contributed by atoms with van der Waals surface area (Å²) in [5, 5.41) is 11.5. The van der Waals surface area contributed by atoms with Crippen molar-refractivity contribution in [3.05, 3.63) is 24.3 Å². The maximum absolute atomic E-state index is 12.6. The van der Waals surface area contributed by atoms with Crippen LogP contribution in [-0.4, -0.2) is 44.3 Å². The fourth-order valence-electron chi connectivity index (χ4n) is 2.61. The average molecular weight is 320 g/mol. The Kier molecular flexibility index (Phi) is 5.95. The van der Waals surface area contributed by atoms with Crippen molar-refractivity contribution in [2.75, 3.05) is 37.4 Å². The average Bonchev–Trinajstić information content (AvgIpc) is 2.56. The summed E-state index contributed by atoms with van der Waals surface area (Å²) in [6.07, 6.45) is 1.26. The van der Waals surface area contributed by atoms with Gasteiger partial charge in [-0.3, -0.25) is 4.79 Å². The van der Waals surface area contributed by atoms with Crippen molar-refractivity contribution in [3.8, 4) is 0 Å². The summed E-state index contributed by atoms with van der Waals surface area (Å²) in [7, 11) is 1.57. The lowest BCUT2D eigenvalue weighted by Crippen LogP contribution is -2.51. The van der Waals surface area contributed by atoms with Crippen LogP contribution in [0.15, 0.2) is 24.3 Å². The molecule has 23 heavy (non-hydrogen) atoms. The number of amides is 3. The minimum Gasteiger partial charge on any atom is -0.368 e. The molecule has 7 nitrogen and oxygen atoms in total. The maximum atomic E-state index is 12.6. The van der Waals surface area contributed by atoms with Gasteiger partial charge in [0.2, 0.25) is 0 Å². The van der Waals surface area contributed by atoms with Gasteiger partial charge in [-0.05, 0) is 51.1 Å². The highest BCUT2D eigenvalue weighted by atomic mass is 16.5. The highest BCUT2D eigenvalue weighted by Gasteiger charge is 2.39. The lowest BCUT2D eigenvalue weighted by Gasteiger charge is -2.34. The van der Waals surface area contributed by atoms with E-state index in [2.05, 4.69) is 21.3 Å². The van der Waals surface area contributed by atoms with E-state index in [1.165, 1.54) is 0 Å². The second-order valence-corrected chi connectivity index (χ2v) is 5.47. The molecule has 2 rings (SSSR count). The molecule has 1 saturated heterocycles. The van der Waals surface area contributed by atoms with Crippen molar-refractivity contribution in [1.29, 1.82) is 0 Å². The van der Waals surface area contributed by atoms with Gasteiger partial charge in [0.25, 0.3) is 5.91 Å². The third-order valence-corrected chi connectivity index (χ3v) is 3.93. The normalized spacial score (nSPS) is 16.4. The largest absolute Gasteiger partial charge is 0.368 e. The maximum Gasteiger partial charge on any atom is 0.319 e. The van der Waals surface area contributed by atoms with Crippen molar-refractivity contribution < 1.29 is 14.3 Å². The molecular weight excluding hydrogens is 296 g/mol. The summed E-state index contributed by atoms with van der Waals surface area (Å²) in [5.74, 6) is -0.156. The molecule has 1 aliphatic heterocycles. The molecule has 126 valence electrons. The van der Waals surface area contributed by atoms with Crippen LogP contribution in [0.1, 0.15) is 19.8 Å². The number of rotatable bonds is 5. The smallest absolute Gasteiger partial charge is 0.319 e. The molecule has 0 spiro atoms. The molecule has 1 heterocycles. The second-order valence-electron chi connectivity index (χ2n) is 5.47. The summed E-state index contributed by atoms with van der Waals surface area (Å²) in [5.41, 5.74) is 0.443. The molecule has 0 aromatic heterocycles. The highest BCUT2D eigenvalue weighted by Crippen LogP contribution is 2.25. The molecule has 7 heteroatoms. The molecule has 0 unspecified atom stereocenters. The predicted octanol–water partition coefficient (Wildman–Crippen LogP) is 1.54. The van der Waals surface area contributed by atoms with Crippen molar-refractivity contribution in [2.45, 2.75) is 25.4 Å². The molecule has 4 N–H and O–H groups in total. The molecule has 0 atom stereocenters. The van der Waals surface area contributed by atoms with E-state index in [0.717, 1.165) is 13.1 Å². The van der Waals surface area contributed by atoms with E-state index in [4.69, 9.17) is 4.74 Å². The number of urea groups is 1. The van der Waals surface area contributed by atoms with E-state index < -0.39 is 5.60 Å². The fourth-order valence-corrected chi connectivity index (χ4v) is 2.61. The summed E-state index contributed by atoms with van der Waals surface area (Å²) in [6.45, 7) is 3.90. The second kappa shape index (κ2) is 7.94. The minimum absolute atomic E-state index is 0.156. The first kappa shape index (κ1) is 17.2. The van der Waals surface area contributed by atoms with Crippen LogP contribution in [0.25, 0.3) is 0 Å². The van der Waals surface area contributed by atoms with Crippen molar-refractivity contribution in [2.24, 2.45) is 0 Å². The Hall–Kier alpha value is -2.12. The first-order valence-corrected chi connectivity index (χ1v) is 7.82. The highest BCUT2D eigenvalue weighted by molar-refractivity contribution is 5.98. The van der Waals surface area contributed by atoms with Gasteiger partial charge in [0.15, 0.2) is 0 Å². The first-order valence-electron chi connectivity index (χ1n) is 7.82. The van der Waals surface area contributed by atoms with E-state index in [1.807, 2.05) is 6.92 Å². The third-order valence-electron chi connectivity index (χ3n) is 3.93. The Morgan fingerprint density at radius 3 is 2.48 bits per heavy atom. The SMILES string of the molecule is CCNC(=O)Nc1cccc(NC(=O)C2(OC)CCNCC2)c1. The van der Waals surface area contributed by atoms with Gasteiger partial charge in [0, 0.05) is 25.0 Å². The minimum atomic E-state index is -0.797. The Labute approximate surface area is 136 Å². The standard InChI is InChI=1S/C16H24N4O3/c1-3-18-15(22)20-13-6-4-5-12(11-13)19-14(21)16(23-2)7-9-17-10-8-16/h4-6,11,17H,3,7-10H2,1-2H3,(H,19,21)(H2,18,20,22). The number of carbonyl (C=O) groups excluding carboxylic acids is 2. The van der Waals surface area contributed by atoms with Gasteiger partial charge in [-0.1, -0.05) is 6.07 Å². The number of methoxy groups -OCH3 is 1. The number of nitrogens with one attached hydrogen (secondary N) is 4. The van der Waals surface area contributed by atoms with Crippen LogP contribution in [0.4, 0.5) is 16.2 Å². The van der Waals surface area contributed by atoms with Crippen LogP contribution in [0.2, 0.25) is 0 Å². The van der Waals surface area contributed by atoms with Gasteiger partial charge in [-0.15, -0.1) is 0 Å². The van der Waals surface area contributed by atoms with Crippen LogP contribution in [0.5, 0.6) is 0 Å². The van der Waals surface area contributed by atoms with E-state index in [0.29, 0.717) is 30.8 Å². The summed E-state index contributed by atoms with van der Waals surface area (Å²) >= 11 is 0. The first-order chi connectivity index (χ1) is 11.1. The number of hydrogen-bond acceptors (Lipinski definition) is 4. The van der Waals surface area contributed by atoms with Crippen molar-refractivity contribution >= 4 is 23.3 Å². The molecule has 1 aromatic carbocycles. The van der Waals surface area contributed by atoms with E-state index in [-0.39, 0.29) is 11.9 Å². The van der Waals surface area contributed by atoms with Crippen LogP contribution in [0, 0.1) is 0 Å². The summed E-state index contributed by atoms with van der Waals surface area (Å²) < 4.78 is 5.51.